The molecule has 0 saturated heterocycles. The van der Waals surface area contributed by atoms with Crippen LogP contribution < -0.4 is 15.5 Å². The molecule has 3 N–H and O–H groups in total. The summed E-state index contributed by atoms with van der Waals surface area (Å²) in [6, 6.07) is 4.93. The Labute approximate surface area is 130 Å². The summed E-state index contributed by atoms with van der Waals surface area (Å²) in [5.41, 5.74) is 0.863. The van der Waals surface area contributed by atoms with E-state index >= 15 is 0 Å². The predicted octanol–water partition coefficient (Wildman–Crippen LogP) is 1.18. The van der Waals surface area contributed by atoms with E-state index in [1.165, 1.54) is 31.8 Å². The molecule has 3 rings (SSSR count). The number of nitrogens with zero attached hydrogens (tertiary/aromatic N) is 4. The van der Waals surface area contributed by atoms with Crippen molar-refractivity contribution < 1.29 is 4.74 Å². The van der Waals surface area contributed by atoms with E-state index in [-0.39, 0.29) is 11.1 Å². The predicted molar refractivity (Wildman–Crippen MR) is 81.2 cm³/mol. The number of rotatable bonds is 4. The van der Waals surface area contributed by atoms with Crippen LogP contribution in [0.3, 0.4) is 0 Å². The van der Waals surface area contributed by atoms with Gasteiger partial charge in [0, 0.05) is 18.3 Å². The zero-order chi connectivity index (χ0) is 16.2. The highest BCUT2D eigenvalue weighted by Gasteiger charge is 2.13. The molecule has 0 spiro atoms. The summed E-state index contributed by atoms with van der Waals surface area (Å²) in [6.45, 7) is 0. The molecule has 0 fully saturated rings. The van der Waals surface area contributed by atoms with Crippen LogP contribution in [0, 0.1) is 11.3 Å². The molecule has 9 heteroatoms. The van der Waals surface area contributed by atoms with Crippen LogP contribution in [0.25, 0.3) is 11.3 Å². The second-order valence-corrected chi connectivity index (χ2v) is 4.44. The number of methoxy groups -OCH3 is 1. The van der Waals surface area contributed by atoms with Crippen molar-refractivity contribution in [3.8, 4) is 23.2 Å². The fourth-order valence-electron chi connectivity index (χ4n) is 1.97. The smallest absolute Gasteiger partial charge is 0.204 e. The third-order valence-electron chi connectivity index (χ3n) is 3.00. The Kier molecular flexibility index (Phi) is 3.71. The van der Waals surface area contributed by atoms with Gasteiger partial charge in [-0.3, -0.25) is 9.89 Å². The summed E-state index contributed by atoms with van der Waals surface area (Å²) in [5.74, 6) is 1.21. The average molecular weight is 309 g/mol. The number of anilines is 2. The van der Waals surface area contributed by atoms with Crippen LogP contribution in [0.1, 0.15) is 5.69 Å². The summed E-state index contributed by atoms with van der Waals surface area (Å²) in [7, 11) is 1.47. The molecule has 3 aromatic heterocycles. The Morgan fingerprint density at radius 2 is 2.17 bits per heavy atom. The first-order chi connectivity index (χ1) is 11.2. The topological polar surface area (TPSA) is 132 Å². The molecule has 0 bridgehead atoms. The lowest BCUT2D eigenvalue weighted by atomic mass is 10.2. The van der Waals surface area contributed by atoms with E-state index in [0.29, 0.717) is 28.8 Å². The van der Waals surface area contributed by atoms with Crippen molar-refractivity contribution in [3.05, 3.63) is 46.6 Å². The van der Waals surface area contributed by atoms with Crippen molar-refractivity contribution in [2.24, 2.45) is 0 Å². The van der Waals surface area contributed by atoms with Crippen LogP contribution in [-0.2, 0) is 0 Å². The lowest BCUT2D eigenvalue weighted by Gasteiger charge is -2.04. The zero-order valence-corrected chi connectivity index (χ0v) is 12.0. The summed E-state index contributed by atoms with van der Waals surface area (Å²) >= 11 is 0. The normalized spacial score (nSPS) is 10.1. The third-order valence-corrected chi connectivity index (χ3v) is 3.00. The van der Waals surface area contributed by atoms with E-state index in [0.717, 1.165) is 0 Å². The van der Waals surface area contributed by atoms with Gasteiger partial charge in [0.1, 0.15) is 17.5 Å². The highest BCUT2D eigenvalue weighted by Crippen LogP contribution is 2.24. The van der Waals surface area contributed by atoms with Gasteiger partial charge in [-0.15, -0.1) is 0 Å². The van der Waals surface area contributed by atoms with E-state index in [1.54, 1.807) is 6.07 Å². The second-order valence-electron chi connectivity index (χ2n) is 4.44. The molecule has 9 nitrogen and oxygen atoms in total. The number of hydrogen-bond acceptors (Lipinski definition) is 7. The van der Waals surface area contributed by atoms with Gasteiger partial charge in [-0.1, -0.05) is 0 Å². The zero-order valence-electron chi connectivity index (χ0n) is 12.0. The van der Waals surface area contributed by atoms with Crippen LogP contribution in [0.4, 0.5) is 11.6 Å². The Bertz CT molecular complexity index is 921. The molecule has 0 radical (unpaired) electrons. The third kappa shape index (κ3) is 2.86. The largest absolute Gasteiger partial charge is 0.482 e. The maximum Gasteiger partial charge on any atom is 0.204 e. The number of hydrogen-bond donors (Lipinski definition) is 3. The van der Waals surface area contributed by atoms with Gasteiger partial charge < -0.3 is 15.0 Å². The van der Waals surface area contributed by atoms with Gasteiger partial charge in [0.15, 0.2) is 16.9 Å². The van der Waals surface area contributed by atoms with Crippen LogP contribution in [0.5, 0.6) is 5.88 Å². The molecule has 0 amide bonds. The van der Waals surface area contributed by atoms with Crippen molar-refractivity contribution in [1.29, 1.82) is 5.26 Å². The van der Waals surface area contributed by atoms with Crippen LogP contribution in [-0.4, -0.2) is 32.3 Å². The molecule has 3 aromatic rings. The highest BCUT2D eigenvalue weighted by molar-refractivity contribution is 5.68. The van der Waals surface area contributed by atoms with Crippen molar-refractivity contribution in [3.63, 3.8) is 0 Å². The van der Waals surface area contributed by atoms with Gasteiger partial charge >= 0.3 is 0 Å². The van der Waals surface area contributed by atoms with Gasteiger partial charge in [0.2, 0.25) is 5.88 Å². The van der Waals surface area contributed by atoms with Crippen molar-refractivity contribution in [2.75, 3.05) is 12.4 Å². The maximum absolute atomic E-state index is 12.0. The van der Waals surface area contributed by atoms with E-state index in [2.05, 4.69) is 30.5 Å². The van der Waals surface area contributed by atoms with Crippen LogP contribution in [0.15, 0.2) is 35.5 Å². The first kappa shape index (κ1) is 14.3. The molecule has 0 unspecified atom stereocenters. The van der Waals surface area contributed by atoms with Gasteiger partial charge in [0.25, 0.3) is 0 Å². The molecule has 114 valence electrons. The van der Waals surface area contributed by atoms with Crippen molar-refractivity contribution in [1.82, 2.24) is 25.1 Å². The SMILES string of the molecule is COc1[nH]ccc(=O)c1-c1cc(Nc2cnc(C#N)cn2)n[nH]1. The molecule has 23 heavy (non-hydrogen) atoms. The molecule has 0 saturated carbocycles. The van der Waals surface area contributed by atoms with Crippen molar-refractivity contribution in [2.45, 2.75) is 0 Å². The molecule has 0 aliphatic rings. The highest BCUT2D eigenvalue weighted by atomic mass is 16.5. The minimum atomic E-state index is -0.200. The monoisotopic (exact) mass is 309 g/mol. The molecule has 0 atom stereocenters. The van der Waals surface area contributed by atoms with Crippen molar-refractivity contribution >= 4 is 11.6 Å². The quantitative estimate of drug-likeness (QED) is 0.659. The molecule has 0 aromatic carbocycles. The van der Waals surface area contributed by atoms with Gasteiger partial charge in [-0.25, -0.2) is 9.97 Å². The molecular formula is C14H11N7O2. The number of nitriles is 1. The van der Waals surface area contributed by atoms with E-state index in [1.807, 2.05) is 6.07 Å². The first-order valence-electron chi connectivity index (χ1n) is 6.52. The van der Waals surface area contributed by atoms with Crippen LogP contribution >= 0.6 is 0 Å². The van der Waals surface area contributed by atoms with Crippen LogP contribution in [0.2, 0.25) is 0 Å². The standard InChI is InChI=1S/C14H11N7O2/c1-23-14-13(10(22)2-3-16-14)9-4-11(21-20-9)19-12-7-17-8(5-15)6-18-12/h2-4,6-7H,1H3,(H,16,22)(H2,18,19,20,21). The molecule has 0 aliphatic heterocycles. The minimum Gasteiger partial charge on any atom is -0.482 e. The fourth-order valence-corrected chi connectivity index (χ4v) is 1.97. The summed E-state index contributed by atoms with van der Waals surface area (Å²) in [5, 5.41) is 18.4. The number of nitrogens with one attached hydrogen (secondary N) is 3. The Balaban J connectivity index is 1.89. The average Bonchev–Trinajstić information content (AvgIpc) is 3.03. The first-order valence-corrected chi connectivity index (χ1v) is 6.52. The molecule has 0 aliphatic carbocycles. The molecule has 3 heterocycles. The maximum atomic E-state index is 12.0. The van der Waals surface area contributed by atoms with E-state index in [4.69, 9.17) is 10.00 Å². The lowest BCUT2D eigenvalue weighted by Crippen LogP contribution is -2.06. The van der Waals surface area contributed by atoms with E-state index in [9.17, 15) is 4.79 Å². The Morgan fingerprint density at radius 3 is 2.87 bits per heavy atom. The van der Waals surface area contributed by atoms with Gasteiger partial charge in [0.05, 0.1) is 25.2 Å². The van der Waals surface area contributed by atoms with Gasteiger partial charge in [-0.2, -0.15) is 10.4 Å². The van der Waals surface area contributed by atoms with Gasteiger partial charge in [-0.05, 0) is 0 Å². The fraction of sp³-hybridized carbons (Fsp3) is 0.0714. The minimum absolute atomic E-state index is 0.200. The van der Waals surface area contributed by atoms with E-state index < -0.39 is 0 Å². The number of H-pyrrole nitrogens is 2. The lowest BCUT2D eigenvalue weighted by molar-refractivity contribution is 0.399. The number of aromatic amines is 2. The summed E-state index contributed by atoms with van der Waals surface area (Å²) < 4.78 is 5.16. The second kappa shape index (κ2) is 5.98. The Hall–Kier alpha value is -3.67. The summed E-state index contributed by atoms with van der Waals surface area (Å²) in [6.07, 6.45) is 4.27. The Morgan fingerprint density at radius 1 is 1.30 bits per heavy atom. The number of pyridine rings is 1. The number of aromatic nitrogens is 5. The molecular weight excluding hydrogens is 298 g/mol. The number of ether oxygens (including phenoxy) is 1. The summed E-state index contributed by atoms with van der Waals surface area (Å²) in [4.78, 5) is 22.8.